The number of halogens is 3. The molecule has 0 spiro atoms. The molecule has 4 rings (SSSR count). The van der Waals surface area contributed by atoms with Crippen LogP contribution in [0.2, 0.25) is 0 Å². The van der Waals surface area contributed by atoms with Gasteiger partial charge in [0.15, 0.2) is 5.69 Å². The monoisotopic (exact) mass is 460 g/mol. The zero-order chi connectivity index (χ0) is 23.8. The number of benzene rings is 1. The molecule has 1 fully saturated rings. The first kappa shape index (κ1) is 23.0. The largest absolute Gasteiger partial charge is 0.433 e. The molecule has 0 radical (unpaired) electrons. The van der Waals surface area contributed by atoms with Gasteiger partial charge in [0, 0.05) is 23.2 Å². The number of nitrogens with zero attached hydrogens (tertiary/aromatic N) is 4. The van der Waals surface area contributed by atoms with Crippen LogP contribution in [0, 0.1) is 0 Å². The lowest BCUT2D eigenvalue weighted by Gasteiger charge is -2.31. The van der Waals surface area contributed by atoms with Crippen LogP contribution in [0.15, 0.2) is 36.5 Å². The normalized spacial score (nSPS) is 19.5. The van der Waals surface area contributed by atoms with Gasteiger partial charge in [-0.05, 0) is 58.6 Å². The maximum Gasteiger partial charge on any atom is 0.433 e. The van der Waals surface area contributed by atoms with Gasteiger partial charge in [-0.1, -0.05) is 23.4 Å². The molecule has 10 heteroatoms. The number of hydrogen-bond acceptors (Lipinski definition) is 5. The Labute approximate surface area is 189 Å². The number of pyridine rings is 1. The maximum absolute atomic E-state index is 13.4. The standard InChI is InChI=1S/C23H27F3N6O/c1-22(2,3)32-13-19(30-31-32)21(33)28-15-8-6-7-14(11-15)27-18-12-20(23(24,25)26)29-17-10-5-4-9-16(17)18/h4-5,9-10,12-15H,6-8,11H2,1-3H3,(H,27,29)(H,28,33)/t14-,15+/m0/s1. The van der Waals surface area contributed by atoms with Crippen molar-refractivity contribution in [1.29, 1.82) is 0 Å². The Morgan fingerprint density at radius 2 is 1.85 bits per heavy atom. The van der Waals surface area contributed by atoms with Crippen LogP contribution in [0.1, 0.15) is 62.6 Å². The number of anilines is 1. The topological polar surface area (TPSA) is 84.7 Å². The summed E-state index contributed by atoms with van der Waals surface area (Å²) in [5, 5.41) is 14.9. The summed E-state index contributed by atoms with van der Waals surface area (Å²) in [6.45, 7) is 5.90. The summed E-state index contributed by atoms with van der Waals surface area (Å²) in [4.78, 5) is 16.4. The van der Waals surface area contributed by atoms with E-state index in [4.69, 9.17) is 0 Å². The average molecular weight is 461 g/mol. The van der Waals surface area contributed by atoms with Crippen LogP contribution in [0.3, 0.4) is 0 Å². The van der Waals surface area contributed by atoms with Gasteiger partial charge in [0.05, 0.1) is 17.3 Å². The minimum atomic E-state index is -4.53. The number of para-hydroxylation sites is 1. The summed E-state index contributed by atoms with van der Waals surface area (Å²) in [5.41, 5.74) is -0.273. The Bertz CT molecular complexity index is 1150. The Morgan fingerprint density at radius 3 is 2.55 bits per heavy atom. The highest BCUT2D eigenvalue weighted by Gasteiger charge is 2.34. The lowest BCUT2D eigenvalue weighted by Crippen LogP contribution is -2.42. The average Bonchev–Trinajstić information content (AvgIpc) is 3.24. The van der Waals surface area contributed by atoms with E-state index in [0.29, 0.717) is 17.5 Å². The van der Waals surface area contributed by atoms with Crippen LogP contribution < -0.4 is 10.6 Å². The van der Waals surface area contributed by atoms with E-state index >= 15 is 0 Å². The van der Waals surface area contributed by atoms with Gasteiger partial charge in [0.25, 0.3) is 5.91 Å². The SMILES string of the molecule is CC(C)(C)n1cc(C(=O)N[C@@H]2CCC[C@H](Nc3cc(C(F)(F)F)nc4ccccc34)C2)nn1. The van der Waals surface area contributed by atoms with Crippen LogP contribution in [0.25, 0.3) is 10.9 Å². The molecule has 1 saturated carbocycles. The van der Waals surface area contributed by atoms with Crippen molar-refractivity contribution < 1.29 is 18.0 Å². The third-order valence-electron chi connectivity index (χ3n) is 5.79. The fraction of sp³-hybridized carbons (Fsp3) is 0.478. The summed E-state index contributed by atoms with van der Waals surface area (Å²) >= 11 is 0. The van der Waals surface area contributed by atoms with E-state index in [0.717, 1.165) is 25.3 Å². The molecule has 0 bridgehead atoms. The number of hydrogen-bond donors (Lipinski definition) is 2. The fourth-order valence-electron chi connectivity index (χ4n) is 4.07. The van der Waals surface area contributed by atoms with Crippen LogP contribution >= 0.6 is 0 Å². The Hall–Kier alpha value is -3.17. The smallest absolute Gasteiger partial charge is 0.382 e. The van der Waals surface area contributed by atoms with Gasteiger partial charge in [-0.3, -0.25) is 4.79 Å². The van der Waals surface area contributed by atoms with Crippen molar-refractivity contribution in [3.8, 4) is 0 Å². The molecule has 3 aromatic rings. The summed E-state index contributed by atoms with van der Waals surface area (Å²) in [7, 11) is 0. The second-order valence-corrected chi connectivity index (χ2v) is 9.47. The van der Waals surface area contributed by atoms with E-state index in [-0.39, 0.29) is 34.7 Å². The molecule has 2 N–H and O–H groups in total. The van der Waals surface area contributed by atoms with Gasteiger partial charge in [0.1, 0.15) is 5.69 Å². The number of amides is 1. The van der Waals surface area contributed by atoms with Gasteiger partial charge >= 0.3 is 6.18 Å². The van der Waals surface area contributed by atoms with Crippen LogP contribution in [-0.4, -0.2) is 38.0 Å². The minimum Gasteiger partial charge on any atom is -0.382 e. The van der Waals surface area contributed by atoms with E-state index in [2.05, 4.69) is 25.9 Å². The van der Waals surface area contributed by atoms with E-state index in [1.165, 1.54) is 0 Å². The predicted molar refractivity (Wildman–Crippen MR) is 119 cm³/mol. The van der Waals surface area contributed by atoms with E-state index < -0.39 is 11.9 Å². The molecule has 1 amide bonds. The molecule has 2 atom stereocenters. The fourth-order valence-corrected chi connectivity index (χ4v) is 4.07. The molecule has 176 valence electrons. The van der Waals surface area contributed by atoms with Crippen molar-refractivity contribution in [3.05, 3.63) is 47.9 Å². The van der Waals surface area contributed by atoms with Crippen LogP contribution in [-0.2, 0) is 11.7 Å². The maximum atomic E-state index is 13.4. The first-order valence-electron chi connectivity index (χ1n) is 11.0. The molecule has 7 nitrogen and oxygen atoms in total. The quantitative estimate of drug-likeness (QED) is 0.587. The highest BCUT2D eigenvalue weighted by molar-refractivity contribution is 5.92. The number of fused-ring (bicyclic) bond motifs is 1. The number of rotatable bonds is 4. The lowest BCUT2D eigenvalue weighted by molar-refractivity contribution is -0.140. The van der Waals surface area contributed by atoms with Crippen LogP contribution in [0.5, 0.6) is 0 Å². The third-order valence-corrected chi connectivity index (χ3v) is 5.79. The molecule has 0 unspecified atom stereocenters. The zero-order valence-electron chi connectivity index (χ0n) is 18.8. The van der Waals surface area contributed by atoms with Crippen LogP contribution in [0.4, 0.5) is 18.9 Å². The molecule has 1 aliphatic rings. The molecule has 2 aromatic heterocycles. The number of carbonyl (C=O) groups is 1. The van der Waals surface area contributed by atoms with Gasteiger partial charge in [-0.15, -0.1) is 5.10 Å². The molecular formula is C23H27F3N6O. The first-order chi connectivity index (χ1) is 15.5. The number of nitrogens with one attached hydrogen (secondary N) is 2. The second-order valence-electron chi connectivity index (χ2n) is 9.47. The Balaban J connectivity index is 1.48. The third kappa shape index (κ3) is 5.26. The van der Waals surface area contributed by atoms with Gasteiger partial charge in [-0.25, -0.2) is 9.67 Å². The van der Waals surface area contributed by atoms with E-state index in [1.54, 1.807) is 35.1 Å². The molecular weight excluding hydrogens is 433 g/mol. The van der Waals surface area contributed by atoms with Crippen molar-refractivity contribution in [3.63, 3.8) is 0 Å². The molecule has 33 heavy (non-hydrogen) atoms. The van der Waals surface area contributed by atoms with Crippen molar-refractivity contribution >= 4 is 22.5 Å². The van der Waals surface area contributed by atoms with E-state index in [1.807, 2.05) is 20.8 Å². The van der Waals surface area contributed by atoms with Crippen molar-refractivity contribution in [2.75, 3.05) is 5.32 Å². The minimum absolute atomic E-state index is 0.0822. The molecule has 1 aliphatic carbocycles. The van der Waals surface area contributed by atoms with Crippen molar-refractivity contribution in [2.24, 2.45) is 0 Å². The summed E-state index contributed by atoms with van der Waals surface area (Å²) < 4.78 is 41.7. The second kappa shape index (κ2) is 8.64. The Morgan fingerprint density at radius 1 is 1.12 bits per heavy atom. The lowest BCUT2D eigenvalue weighted by atomic mass is 9.90. The predicted octanol–water partition coefficient (Wildman–Crippen LogP) is 4.75. The number of carbonyl (C=O) groups excluding carboxylic acids is 1. The van der Waals surface area contributed by atoms with E-state index in [9.17, 15) is 18.0 Å². The highest BCUT2D eigenvalue weighted by atomic mass is 19.4. The number of alkyl halides is 3. The molecule has 2 heterocycles. The zero-order valence-corrected chi connectivity index (χ0v) is 18.8. The number of aromatic nitrogens is 4. The summed E-state index contributed by atoms with van der Waals surface area (Å²) in [6.07, 6.45) is 0.111. The summed E-state index contributed by atoms with van der Waals surface area (Å²) in [6, 6.07) is 7.64. The van der Waals surface area contributed by atoms with Gasteiger partial charge < -0.3 is 10.6 Å². The van der Waals surface area contributed by atoms with Gasteiger partial charge in [-0.2, -0.15) is 13.2 Å². The van der Waals surface area contributed by atoms with Crippen molar-refractivity contribution in [2.45, 2.75) is 70.3 Å². The molecule has 1 aromatic carbocycles. The molecule has 0 aliphatic heterocycles. The first-order valence-corrected chi connectivity index (χ1v) is 11.0. The van der Waals surface area contributed by atoms with Gasteiger partial charge in [0.2, 0.25) is 0 Å². The molecule has 0 saturated heterocycles. The Kier molecular flexibility index (Phi) is 6.02. The highest BCUT2D eigenvalue weighted by Crippen LogP contribution is 2.34. The summed E-state index contributed by atoms with van der Waals surface area (Å²) in [5.74, 6) is -0.301. The van der Waals surface area contributed by atoms with Crippen molar-refractivity contribution in [1.82, 2.24) is 25.3 Å².